The van der Waals surface area contributed by atoms with Crippen LogP contribution in [-0.4, -0.2) is 26.7 Å². The number of nitrogens with one attached hydrogen (secondary N) is 1. The first-order chi connectivity index (χ1) is 12.2. The summed E-state index contributed by atoms with van der Waals surface area (Å²) in [6, 6.07) is 13.1. The summed E-state index contributed by atoms with van der Waals surface area (Å²) in [6.45, 7) is 3.69. The van der Waals surface area contributed by atoms with Crippen LogP contribution in [0, 0.1) is 0 Å². The van der Waals surface area contributed by atoms with Gasteiger partial charge in [-0.3, -0.25) is 4.79 Å². The molecule has 1 N–H and O–H groups in total. The molecule has 0 spiro atoms. The molecule has 140 valence electrons. The summed E-state index contributed by atoms with van der Waals surface area (Å²) < 4.78 is 28.8. The lowest BCUT2D eigenvalue weighted by Crippen LogP contribution is -2.39. The Morgan fingerprint density at radius 2 is 1.85 bits per heavy atom. The minimum Gasteiger partial charge on any atom is -0.481 e. The first-order valence-electron chi connectivity index (χ1n) is 8.23. The molecule has 0 aliphatic heterocycles. The van der Waals surface area contributed by atoms with Crippen LogP contribution < -0.4 is 10.1 Å². The highest BCUT2D eigenvalue weighted by molar-refractivity contribution is 7.90. The normalized spacial score (nSPS) is 13.7. The molecule has 0 unspecified atom stereocenters. The minimum absolute atomic E-state index is 0.243. The molecule has 0 bridgehead atoms. The van der Waals surface area contributed by atoms with Gasteiger partial charge in [-0.05, 0) is 49.2 Å². The van der Waals surface area contributed by atoms with Crippen molar-refractivity contribution in [2.45, 2.75) is 37.3 Å². The Morgan fingerprint density at radius 1 is 1.19 bits per heavy atom. The van der Waals surface area contributed by atoms with Crippen LogP contribution >= 0.6 is 11.6 Å². The smallest absolute Gasteiger partial charge is 0.261 e. The van der Waals surface area contributed by atoms with Gasteiger partial charge in [-0.1, -0.05) is 36.7 Å². The third kappa shape index (κ3) is 5.47. The van der Waals surface area contributed by atoms with Crippen molar-refractivity contribution in [3.8, 4) is 5.75 Å². The molecule has 1 amide bonds. The Hall–Kier alpha value is -2.05. The molecule has 0 aliphatic carbocycles. The van der Waals surface area contributed by atoms with E-state index in [0.29, 0.717) is 17.2 Å². The fourth-order valence-electron chi connectivity index (χ4n) is 2.42. The van der Waals surface area contributed by atoms with E-state index in [9.17, 15) is 13.2 Å². The van der Waals surface area contributed by atoms with Gasteiger partial charge in [0.05, 0.1) is 10.9 Å². The fraction of sp³-hybridized carbons (Fsp3) is 0.316. The molecule has 2 aromatic rings. The molecule has 0 aliphatic rings. The van der Waals surface area contributed by atoms with Crippen LogP contribution in [-0.2, 0) is 14.6 Å². The first kappa shape index (κ1) is 20.3. The van der Waals surface area contributed by atoms with E-state index in [0.717, 1.165) is 11.8 Å². The lowest BCUT2D eigenvalue weighted by atomic mass is 10.1. The van der Waals surface area contributed by atoms with Crippen molar-refractivity contribution in [2.75, 3.05) is 6.26 Å². The average molecular weight is 396 g/mol. The van der Waals surface area contributed by atoms with E-state index in [4.69, 9.17) is 16.3 Å². The first-order valence-corrected chi connectivity index (χ1v) is 10.5. The van der Waals surface area contributed by atoms with Crippen LogP contribution in [0.1, 0.15) is 31.9 Å². The van der Waals surface area contributed by atoms with Crippen molar-refractivity contribution in [1.29, 1.82) is 0 Å². The zero-order valence-electron chi connectivity index (χ0n) is 14.9. The minimum atomic E-state index is -3.24. The highest BCUT2D eigenvalue weighted by atomic mass is 35.5. The predicted molar refractivity (Wildman–Crippen MR) is 102 cm³/mol. The van der Waals surface area contributed by atoms with Crippen LogP contribution in [0.3, 0.4) is 0 Å². The molecule has 0 saturated heterocycles. The van der Waals surface area contributed by atoms with Crippen LogP contribution in [0.4, 0.5) is 0 Å². The zero-order valence-corrected chi connectivity index (χ0v) is 16.5. The Morgan fingerprint density at radius 3 is 2.38 bits per heavy atom. The molecule has 0 saturated carbocycles. The zero-order chi connectivity index (χ0) is 19.3. The number of sulfone groups is 1. The molecular formula is C19H22ClNO4S. The van der Waals surface area contributed by atoms with E-state index in [2.05, 4.69) is 5.32 Å². The van der Waals surface area contributed by atoms with Gasteiger partial charge >= 0.3 is 0 Å². The molecule has 0 heterocycles. The number of carbonyl (C=O) groups excluding carboxylic acids is 1. The van der Waals surface area contributed by atoms with Crippen LogP contribution in [0.25, 0.3) is 0 Å². The lowest BCUT2D eigenvalue weighted by molar-refractivity contribution is -0.128. The van der Waals surface area contributed by atoms with Crippen molar-refractivity contribution in [3.63, 3.8) is 0 Å². The molecule has 0 aromatic heterocycles. The van der Waals surface area contributed by atoms with Gasteiger partial charge in [0.15, 0.2) is 15.9 Å². The second kappa shape index (κ2) is 8.56. The summed E-state index contributed by atoms with van der Waals surface area (Å²) >= 11 is 5.94. The fourth-order valence-corrected chi connectivity index (χ4v) is 3.23. The van der Waals surface area contributed by atoms with E-state index in [1.807, 2.05) is 13.8 Å². The van der Waals surface area contributed by atoms with E-state index in [1.165, 1.54) is 12.1 Å². The second-order valence-corrected chi connectivity index (χ2v) is 8.50. The van der Waals surface area contributed by atoms with Crippen molar-refractivity contribution in [1.82, 2.24) is 5.32 Å². The number of benzene rings is 2. The Bertz CT molecular complexity index is 865. The number of hydrogen-bond donors (Lipinski definition) is 1. The van der Waals surface area contributed by atoms with E-state index in [1.54, 1.807) is 36.4 Å². The molecule has 0 radical (unpaired) electrons. The lowest BCUT2D eigenvalue weighted by Gasteiger charge is -2.21. The predicted octanol–water partition coefficient (Wildman–Crippen LogP) is 3.78. The maximum Gasteiger partial charge on any atom is 0.261 e. The largest absolute Gasteiger partial charge is 0.481 e. The van der Waals surface area contributed by atoms with Crippen molar-refractivity contribution < 1.29 is 17.9 Å². The van der Waals surface area contributed by atoms with Gasteiger partial charge in [0, 0.05) is 11.3 Å². The van der Waals surface area contributed by atoms with Crippen molar-refractivity contribution in [2.24, 2.45) is 0 Å². The summed E-state index contributed by atoms with van der Waals surface area (Å²) in [5.41, 5.74) is 0.809. The van der Waals surface area contributed by atoms with Gasteiger partial charge < -0.3 is 10.1 Å². The summed E-state index contributed by atoms with van der Waals surface area (Å²) in [6.07, 6.45) is 1.01. The number of hydrogen-bond acceptors (Lipinski definition) is 4. The summed E-state index contributed by atoms with van der Waals surface area (Å²) in [7, 11) is -3.24. The maximum atomic E-state index is 12.5. The molecule has 2 rings (SSSR count). The number of amides is 1. The highest BCUT2D eigenvalue weighted by Crippen LogP contribution is 2.20. The Labute approximate surface area is 159 Å². The molecule has 5 nitrogen and oxygen atoms in total. The van der Waals surface area contributed by atoms with Gasteiger partial charge in [0.1, 0.15) is 5.75 Å². The molecule has 2 atom stereocenters. The average Bonchev–Trinajstić information content (AvgIpc) is 2.59. The van der Waals surface area contributed by atoms with Crippen LogP contribution in [0.2, 0.25) is 5.02 Å². The third-order valence-electron chi connectivity index (χ3n) is 3.90. The highest BCUT2D eigenvalue weighted by Gasteiger charge is 2.21. The van der Waals surface area contributed by atoms with Crippen LogP contribution in [0.15, 0.2) is 53.4 Å². The second-order valence-electron chi connectivity index (χ2n) is 6.04. The summed E-state index contributed by atoms with van der Waals surface area (Å²) in [5.74, 6) is 0.289. The number of rotatable bonds is 7. The van der Waals surface area contributed by atoms with Gasteiger partial charge in [-0.2, -0.15) is 0 Å². The monoisotopic (exact) mass is 395 g/mol. The number of halogens is 1. The van der Waals surface area contributed by atoms with Gasteiger partial charge in [0.2, 0.25) is 0 Å². The number of carbonyl (C=O) groups is 1. The molecule has 26 heavy (non-hydrogen) atoms. The molecule has 7 heteroatoms. The topological polar surface area (TPSA) is 72.5 Å². The van der Waals surface area contributed by atoms with Gasteiger partial charge in [-0.25, -0.2) is 8.42 Å². The Kier molecular flexibility index (Phi) is 6.67. The van der Waals surface area contributed by atoms with Gasteiger partial charge in [-0.15, -0.1) is 0 Å². The van der Waals surface area contributed by atoms with Crippen molar-refractivity contribution in [3.05, 3.63) is 59.1 Å². The summed E-state index contributed by atoms with van der Waals surface area (Å²) in [4.78, 5) is 12.8. The van der Waals surface area contributed by atoms with E-state index in [-0.39, 0.29) is 16.8 Å². The van der Waals surface area contributed by atoms with Gasteiger partial charge in [0.25, 0.3) is 5.91 Å². The van der Waals surface area contributed by atoms with Crippen molar-refractivity contribution >= 4 is 27.3 Å². The van der Waals surface area contributed by atoms with E-state index >= 15 is 0 Å². The maximum absolute atomic E-state index is 12.5. The van der Waals surface area contributed by atoms with E-state index < -0.39 is 15.9 Å². The summed E-state index contributed by atoms with van der Waals surface area (Å²) in [5, 5.41) is 3.43. The molecule has 0 fully saturated rings. The third-order valence-corrected chi connectivity index (χ3v) is 5.27. The number of ether oxygens (including phenoxy) is 1. The SMILES string of the molecule is CC[C@@H](Oc1cccc(Cl)c1)C(=O)N[C@H](C)c1ccc(S(C)(=O)=O)cc1. The van der Waals surface area contributed by atoms with Crippen LogP contribution in [0.5, 0.6) is 5.75 Å². The molecule has 2 aromatic carbocycles. The Balaban J connectivity index is 2.04. The molecular weight excluding hydrogens is 374 g/mol. The quantitative estimate of drug-likeness (QED) is 0.774. The standard InChI is InChI=1S/C19H22ClNO4S/c1-4-18(25-16-7-5-6-15(20)12-16)19(22)21-13(2)14-8-10-17(11-9-14)26(3,23)24/h5-13,18H,4H2,1-3H3,(H,21,22)/t13-,18-/m1/s1.